The summed E-state index contributed by atoms with van der Waals surface area (Å²) in [5, 5.41) is 1.92. The molecule has 2 atom stereocenters. The van der Waals surface area contributed by atoms with Crippen molar-refractivity contribution in [1.29, 1.82) is 0 Å². The Morgan fingerprint density at radius 1 is 1.27 bits per heavy atom. The second-order valence-corrected chi connectivity index (χ2v) is 9.69. The molecule has 0 unspecified atom stereocenters. The van der Waals surface area contributed by atoms with Crippen LogP contribution in [0.3, 0.4) is 0 Å². The van der Waals surface area contributed by atoms with Gasteiger partial charge in [-0.2, -0.15) is 0 Å². The third-order valence-corrected chi connectivity index (χ3v) is 5.99. The number of amides is 1. The lowest BCUT2D eigenvalue weighted by molar-refractivity contribution is -0.166. The van der Waals surface area contributed by atoms with Gasteiger partial charge < -0.3 is 14.4 Å². The van der Waals surface area contributed by atoms with Crippen molar-refractivity contribution in [1.82, 2.24) is 4.90 Å². The normalized spacial score (nSPS) is 21.1. The molecule has 0 saturated carbocycles. The average molecular weight is 434 g/mol. The fourth-order valence-electron chi connectivity index (χ4n) is 3.87. The van der Waals surface area contributed by atoms with Crippen LogP contribution in [0.2, 0.25) is 0 Å². The van der Waals surface area contributed by atoms with E-state index in [1.807, 2.05) is 17.5 Å². The van der Waals surface area contributed by atoms with E-state index < -0.39 is 23.5 Å². The van der Waals surface area contributed by atoms with Gasteiger partial charge >= 0.3 is 11.9 Å². The van der Waals surface area contributed by atoms with Crippen molar-refractivity contribution >= 4 is 35.0 Å². The number of fused-ring (bicyclic) bond motifs is 1. The molecular formula is C22H27NO6S. The number of hydrogen-bond donors (Lipinski definition) is 0. The summed E-state index contributed by atoms with van der Waals surface area (Å²) in [6.07, 6.45) is 1.61. The Balaban J connectivity index is 1.76. The molecule has 3 rings (SSSR count). The highest BCUT2D eigenvalue weighted by Crippen LogP contribution is 2.42. The van der Waals surface area contributed by atoms with E-state index in [0.717, 1.165) is 4.88 Å². The van der Waals surface area contributed by atoms with Gasteiger partial charge in [0.2, 0.25) is 5.91 Å². The number of carbonyl (C=O) groups excluding carboxylic acids is 4. The number of ether oxygens (including phenoxy) is 2. The zero-order chi connectivity index (χ0) is 22.1. The summed E-state index contributed by atoms with van der Waals surface area (Å²) in [7, 11) is 0. The quantitative estimate of drug-likeness (QED) is 0.485. The van der Waals surface area contributed by atoms with Crippen LogP contribution in [0.4, 0.5) is 0 Å². The van der Waals surface area contributed by atoms with Crippen LogP contribution in [0.15, 0.2) is 28.8 Å². The average Bonchev–Trinajstić information content (AvgIpc) is 3.14. The molecule has 0 aliphatic carbocycles. The number of ketones is 1. The maximum absolute atomic E-state index is 12.9. The molecule has 0 N–H and O–H groups in total. The lowest BCUT2D eigenvalue weighted by Gasteiger charge is -2.50. The lowest BCUT2D eigenvalue weighted by Crippen LogP contribution is -2.63. The van der Waals surface area contributed by atoms with Crippen molar-refractivity contribution in [3.8, 4) is 0 Å². The van der Waals surface area contributed by atoms with Crippen LogP contribution in [0.25, 0.3) is 0 Å². The van der Waals surface area contributed by atoms with Gasteiger partial charge in [0.15, 0.2) is 0 Å². The van der Waals surface area contributed by atoms with Crippen molar-refractivity contribution in [2.24, 2.45) is 5.92 Å². The van der Waals surface area contributed by atoms with Gasteiger partial charge in [-0.3, -0.25) is 14.4 Å². The Morgan fingerprint density at radius 2 is 2.00 bits per heavy atom. The number of rotatable bonds is 7. The molecule has 0 aromatic carbocycles. The Morgan fingerprint density at radius 3 is 2.60 bits per heavy atom. The van der Waals surface area contributed by atoms with E-state index in [4.69, 9.17) is 9.47 Å². The molecule has 162 valence electrons. The molecule has 0 bridgehead atoms. The zero-order valence-electron chi connectivity index (χ0n) is 17.7. The molecule has 2 aliphatic heterocycles. The maximum Gasteiger partial charge on any atom is 0.355 e. The van der Waals surface area contributed by atoms with Gasteiger partial charge in [0.1, 0.15) is 23.7 Å². The van der Waals surface area contributed by atoms with E-state index in [0.29, 0.717) is 24.8 Å². The zero-order valence-corrected chi connectivity index (χ0v) is 18.5. The monoisotopic (exact) mass is 433 g/mol. The first-order valence-electron chi connectivity index (χ1n) is 10.0. The minimum absolute atomic E-state index is 0.0176. The Bertz CT molecular complexity index is 880. The number of carbonyl (C=O) groups is 4. The molecule has 1 aromatic heterocycles. The van der Waals surface area contributed by atoms with Crippen molar-refractivity contribution < 1.29 is 28.7 Å². The van der Waals surface area contributed by atoms with Crippen molar-refractivity contribution in [3.05, 3.63) is 33.7 Å². The van der Waals surface area contributed by atoms with Gasteiger partial charge in [-0.25, -0.2) is 4.79 Å². The third-order valence-electron chi connectivity index (χ3n) is 5.11. The number of hydrogen-bond acceptors (Lipinski definition) is 7. The summed E-state index contributed by atoms with van der Waals surface area (Å²) in [5.41, 5.74) is 0.00916. The second-order valence-electron chi connectivity index (χ2n) is 8.65. The van der Waals surface area contributed by atoms with Crippen molar-refractivity contribution in [2.45, 2.75) is 65.0 Å². The minimum Gasteiger partial charge on any atom is -0.461 e. The summed E-state index contributed by atoms with van der Waals surface area (Å²) in [6.45, 7) is 6.50. The van der Waals surface area contributed by atoms with Crippen LogP contribution < -0.4 is 0 Å². The largest absolute Gasteiger partial charge is 0.461 e. The van der Waals surface area contributed by atoms with Gasteiger partial charge in [-0.05, 0) is 50.6 Å². The number of nitrogens with zero attached hydrogens (tertiary/aromatic N) is 1. The van der Waals surface area contributed by atoms with Crippen molar-refractivity contribution in [3.63, 3.8) is 0 Å². The Hall–Kier alpha value is -2.48. The number of thiophene rings is 1. The van der Waals surface area contributed by atoms with Gasteiger partial charge in [-0.15, -0.1) is 11.3 Å². The van der Waals surface area contributed by atoms with Gasteiger partial charge in [0.05, 0.1) is 5.92 Å². The van der Waals surface area contributed by atoms with Gasteiger partial charge in [-0.1, -0.05) is 6.07 Å². The molecular weight excluding hydrogens is 406 g/mol. The first kappa shape index (κ1) is 22.2. The fourth-order valence-corrected chi connectivity index (χ4v) is 4.60. The van der Waals surface area contributed by atoms with Crippen molar-refractivity contribution in [2.75, 3.05) is 6.61 Å². The van der Waals surface area contributed by atoms with E-state index in [9.17, 15) is 19.2 Å². The summed E-state index contributed by atoms with van der Waals surface area (Å²) in [6, 6.07) is 3.59. The van der Waals surface area contributed by atoms with E-state index in [2.05, 4.69) is 0 Å². The minimum atomic E-state index is -0.729. The molecule has 1 saturated heterocycles. The summed E-state index contributed by atoms with van der Waals surface area (Å²) < 4.78 is 10.6. The highest BCUT2D eigenvalue weighted by atomic mass is 32.1. The fraction of sp³-hybridized carbons (Fsp3) is 0.545. The first-order chi connectivity index (χ1) is 14.1. The Labute approximate surface area is 180 Å². The van der Waals surface area contributed by atoms with E-state index in [-0.39, 0.29) is 36.5 Å². The molecule has 8 heteroatoms. The van der Waals surface area contributed by atoms with E-state index in [1.54, 1.807) is 20.8 Å². The molecule has 1 amide bonds. The summed E-state index contributed by atoms with van der Waals surface area (Å²) in [4.78, 5) is 51.9. The van der Waals surface area contributed by atoms with Crippen LogP contribution in [0.1, 0.15) is 51.8 Å². The highest BCUT2D eigenvalue weighted by Gasteiger charge is 2.53. The number of β-lactam (4-membered cyclic amide) rings is 1. The smallest absolute Gasteiger partial charge is 0.355 e. The summed E-state index contributed by atoms with van der Waals surface area (Å²) >= 11 is 1.52. The predicted molar refractivity (Wildman–Crippen MR) is 111 cm³/mol. The maximum atomic E-state index is 12.9. The molecule has 0 radical (unpaired) electrons. The van der Waals surface area contributed by atoms with Crippen LogP contribution in [-0.2, 0) is 35.1 Å². The molecule has 2 aliphatic rings. The number of esters is 2. The molecule has 1 aromatic rings. The molecule has 0 spiro atoms. The third kappa shape index (κ3) is 4.98. The van der Waals surface area contributed by atoms with Crippen LogP contribution in [0, 0.1) is 5.92 Å². The summed E-state index contributed by atoms with van der Waals surface area (Å²) in [5.74, 6) is -1.72. The lowest BCUT2D eigenvalue weighted by atomic mass is 9.76. The predicted octanol–water partition coefficient (Wildman–Crippen LogP) is 3.03. The van der Waals surface area contributed by atoms with E-state index in [1.165, 1.54) is 23.2 Å². The van der Waals surface area contributed by atoms with E-state index >= 15 is 0 Å². The molecule has 7 nitrogen and oxygen atoms in total. The highest BCUT2D eigenvalue weighted by molar-refractivity contribution is 7.10. The SMILES string of the molecule is CC(=O)OCC1=C(C(=O)OC(C)(C)C)N2C(=O)[C@@H](CC(=O)Cc3cccs3)[C@H]2CC1. The standard InChI is InChI=1S/C22H27NO6S/c1-13(24)28-12-14-7-8-18-17(11-15(25)10-16-6-5-9-30-16)20(26)23(18)19(14)21(27)29-22(2,3)4/h5-6,9,17-18H,7-8,10-12H2,1-4H3/t17-,18+/m0/s1. The molecule has 30 heavy (non-hydrogen) atoms. The Kier molecular flexibility index (Phi) is 6.45. The van der Waals surface area contributed by atoms with Crippen LogP contribution in [0.5, 0.6) is 0 Å². The number of Topliss-reactive ketones (excluding diaryl/α,β-unsaturated/α-hetero) is 1. The van der Waals surface area contributed by atoms with Gasteiger partial charge in [0.25, 0.3) is 0 Å². The molecule has 3 heterocycles. The second kappa shape index (κ2) is 8.71. The van der Waals surface area contributed by atoms with Gasteiger partial charge in [0, 0.05) is 30.7 Å². The molecule has 1 fully saturated rings. The topological polar surface area (TPSA) is 90.0 Å². The van der Waals surface area contributed by atoms with Crippen LogP contribution >= 0.6 is 11.3 Å². The first-order valence-corrected chi connectivity index (χ1v) is 10.9. The van der Waals surface area contributed by atoms with Crippen LogP contribution in [-0.4, -0.2) is 46.8 Å².